The Kier molecular flexibility index (Phi) is 5.06. The number of hydrogen-bond acceptors (Lipinski definition) is 3. The number of amides is 1. The molecule has 0 spiro atoms. The van der Waals surface area contributed by atoms with Crippen LogP contribution in [0.3, 0.4) is 0 Å². The SMILES string of the molecule is C=CCOc1ccc(CN(C)C(=O)c2ccoc2Cl)cc1. The van der Waals surface area contributed by atoms with E-state index in [1.807, 2.05) is 24.3 Å². The normalized spacial score (nSPS) is 10.2. The third-order valence-electron chi connectivity index (χ3n) is 2.91. The summed E-state index contributed by atoms with van der Waals surface area (Å²) < 4.78 is 10.3. The van der Waals surface area contributed by atoms with Gasteiger partial charge in [-0.15, -0.1) is 0 Å². The van der Waals surface area contributed by atoms with Gasteiger partial charge in [0.15, 0.2) is 0 Å². The predicted octanol–water partition coefficient (Wildman–Crippen LogP) is 3.77. The molecule has 0 saturated heterocycles. The number of carbonyl (C=O) groups excluding carboxylic acids is 1. The van der Waals surface area contributed by atoms with E-state index in [1.165, 1.54) is 6.26 Å². The Bertz CT molecular complexity index is 619. The van der Waals surface area contributed by atoms with E-state index < -0.39 is 0 Å². The molecule has 21 heavy (non-hydrogen) atoms. The minimum atomic E-state index is -0.180. The molecule has 5 heteroatoms. The number of furan rings is 1. The number of ether oxygens (including phenoxy) is 1. The van der Waals surface area contributed by atoms with E-state index in [4.69, 9.17) is 20.8 Å². The zero-order valence-corrected chi connectivity index (χ0v) is 12.5. The molecule has 0 N–H and O–H groups in total. The van der Waals surface area contributed by atoms with Gasteiger partial charge < -0.3 is 14.1 Å². The summed E-state index contributed by atoms with van der Waals surface area (Å²) in [5.74, 6) is 0.589. The Morgan fingerprint density at radius 1 is 1.38 bits per heavy atom. The first-order valence-corrected chi connectivity index (χ1v) is 6.80. The number of halogens is 1. The molecule has 4 nitrogen and oxygen atoms in total. The number of rotatable bonds is 6. The van der Waals surface area contributed by atoms with Crippen LogP contribution in [0.1, 0.15) is 15.9 Å². The van der Waals surface area contributed by atoms with Crippen molar-refractivity contribution in [2.24, 2.45) is 0 Å². The van der Waals surface area contributed by atoms with Crippen molar-refractivity contribution in [2.75, 3.05) is 13.7 Å². The Labute approximate surface area is 128 Å². The van der Waals surface area contributed by atoms with Crippen LogP contribution in [0.5, 0.6) is 5.75 Å². The summed E-state index contributed by atoms with van der Waals surface area (Å²) in [6.45, 7) is 4.54. The molecule has 2 aromatic rings. The van der Waals surface area contributed by atoms with Gasteiger partial charge in [0.1, 0.15) is 12.4 Å². The number of benzene rings is 1. The zero-order chi connectivity index (χ0) is 15.2. The van der Waals surface area contributed by atoms with E-state index in [-0.39, 0.29) is 11.1 Å². The second-order valence-electron chi connectivity index (χ2n) is 4.51. The second kappa shape index (κ2) is 6.99. The molecule has 0 bridgehead atoms. The standard InChI is InChI=1S/C16H16ClNO3/c1-3-9-20-13-6-4-12(5-7-13)11-18(2)16(19)14-8-10-21-15(14)17/h3-8,10H,1,9,11H2,2H3. The maximum atomic E-state index is 12.2. The van der Waals surface area contributed by atoms with Crippen LogP contribution >= 0.6 is 11.6 Å². The molecule has 0 unspecified atom stereocenters. The van der Waals surface area contributed by atoms with Gasteiger partial charge in [0.25, 0.3) is 5.91 Å². The van der Waals surface area contributed by atoms with Crippen LogP contribution in [0.15, 0.2) is 53.7 Å². The van der Waals surface area contributed by atoms with E-state index >= 15 is 0 Å². The Balaban J connectivity index is 1.99. The van der Waals surface area contributed by atoms with Crippen molar-refractivity contribution in [2.45, 2.75) is 6.54 Å². The van der Waals surface area contributed by atoms with Crippen LogP contribution < -0.4 is 4.74 Å². The van der Waals surface area contributed by atoms with Gasteiger partial charge in [0.2, 0.25) is 5.22 Å². The largest absolute Gasteiger partial charge is 0.490 e. The molecule has 1 aromatic carbocycles. The average molecular weight is 306 g/mol. The summed E-state index contributed by atoms with van der Waals surface area (Å²) >= 11 is 5.81. The van der Waals surface area contributed by atoms with Crippen LogP contribution in [0.2, 0.25) is 5.22 Å². The van der Waals surface area contributed by atoms with E-state index in [1.54, 1.807) is 24.1 Å². The topological polar surface area (TPSA) is 42.7 Å². The Hall–Kier alpha value is -2.20. The van der Waals surface area contributed by atoms with Gasteiger partial charge in [-0.25, -0.2) is 0 Å². The second-order valence-corrected chi connectivity index (χ2v) is 4.86. The number of nitrogens with zero attached hydrogens (tertiary/aromatic N) is 1. The molecule has 0 aliphatic rings. The van der Waals surface area contributed by atoms with Crippen LogP contribution in [0.4, 0.5) is 0 Å². The van der Waals surface area contributed by atoms with Crippen molar-refractivity contribution in [3.63, 3.8) is 0 Å². The molecule has 0 aliphatic heterocycles. The monoisotopic (exact) mass is 305 g/mol. The van der Waals surface area contributed by atoms with Crippen LogP contribution in [-0.2, 0) is 6.54 Å². The van der Waals surface area contributed by atoms with Crippen molar-refractivity contribution >= 4 is 17.5 Å². The fourth-order valence-corrected chi connectivity index (χ4v) is 2.04. The molecule has 110 valence electrons. The highest BCUT2D eigenvalue weighted by Crippen LogP contribution is 2.19. The van der Waals surface area contributed by atoms with Crippen molar-refractivity contribution in [3.8, 4) is 5.75 Å². The summed E-state index contributed by atoms with van der Waals surface area (Å²) in [5.41, 5.74) is 1.36. The quantitative estimate of drug-likeness (QED) is 0.763. The lowest BCUT2D eigenvalue weighted by Crippen LogP contribution is -2.26. The van der Waals surface area contributed by atoms with E-state index in [2.05, 4.69) is 6.58 Å². The van der Waals surface area contributed by atoms with Gasteiger partial charge in [-0.05, 0) is 35.4 Å². The lowest BCUT2D eigenvalue weighted by Gasteiger charge is -2.16. The van der Waals surface area contributed by atoms with Crippen molar-refractivity contribution in [3.05, 3.63) is 65.6 Å². The van der Waals surface area contributed by atoms with E-state index in [9.17, 15) is 4.79 Å². The summed E-state index contributed by atoms with van der Waals surface area (Å²) in [7, 11) is 1.72. The van der Waals surface area contributed by atoms with Gasteiger partial charge in [-0.1, -0.05) is 24.8 Å². The highest BCUT2D eigenvalue weighted by molar-refractivity contribution is 6.32. The average Bonchev–Trinajstić information content (AvgIpc) is 2.92. The highest BCUT2D eigenvalue weighted by atomic mass is 35.5. The minimum absolute atomic E-state index is 0.111. The fraction of sp³-hybridized carbons (Fsp3) is 0.188. The summed E-state index contributed by atoms with van der Waals surface area (Å²) in [5, 5.41) is 0.111. The molecule has 1 heterocycles. The maximum Gasteiger partial charge on any atom is 0.258 e. The lowest BCUT2D eigenvalue weighted by molar-refractivity contribution is 0.0784. The summed E-state index contributed by atoms with van der Waals surface area (Å²) in [4.78, 5) is 13.8. The molecule has 0 aliphatic carbocycles. The smallest absolute Gasteiger partial charge is 0.258 e. The van der Waals surface area contributed by atoms with Crippen LogP contribution in [0.25, 0.3) is 0 Å². The molecule has 2 rings (SSSR count). The molecule has 0 atom stereocenters. The molecular weight excluding hydrogens is 290 g/mol. The molecule has 1 aromatic heterocycles. The first-order chi connectivity index (χ1) is 10.1. The van der Waals surface area contributed by atoms with Gasteiger partial charge in [0, 0.05) is 13.6 Å². The molecular formula is C16H16ClNO3. The molecule has 0 saturated carbocycles. The first-order valence-electron chi connectivity index (χ1n) is 6.43. The fourth-order valence-electron chi connectivity index (χ4n) is 1.84. The van der Waals surface area contributed by atoms with Gasteiger partial charge >= 0.3 is 0 Å². The van der Waals surface area contributed by atoms with Crippen molar-refractivity contribution < 1.29 is 13.9 Å². The Morgan fingerprint density at radius 2 is 2.10 bits per heavy atom. The Morgan fingerprint density at radius 3 is 2.67 bits per heavy atom. The van der Waals surface area contributed by atoms with Gasteiger partial charge in [-0.3, -0.25) is 4.79 Å². The van der Waals surface area contributed by atoms with Crippen LogP contribution in [-0.4, -0.2) is 24.5 Å². The zero-order valence-electron chi connectivity index (χ0n) is 11.7. The van der Waals surface area contributed by atoms with E-state index in [0.29, 0.717) is 18.7 Å². The third-order valence-corrected chi connectivity index (χ3v) is 3.20. The maximum absolute atomic E-state index is 12.2. The van der Waals surface area contributed by atoms with Gasteiger partial charge in [0.05, 0.1) is 11.8 Å². The first kappa shape index (κ1) is 15.2. The number of hydrogen-bond donors (Lipinski definition) is 0. The van der Waals surface area contributed by atoms with Crippen molar-refractivity contribution in [1.82, 2.24) is 4.90 Å². The van der Waals surface area contributed by atoms with Crippen LogP contribution in [0, 0.1) is 0 Å². The molecule has 0 fully saturated rings. The third kappa shape index (κ3) is 3.89. The number of carbonyl (C=O) groups is 1. The predicted molar refractivity (Wildman–Crippen MR) is 81.6 cm³/mol. The molecule has 0 radical (unpaired) electrons. The summed E-state index contributed by atoms with van der Waals surface area (Å²) in [6.07, 6.45) is 3.09. The molecule has 1 amide bonds. The van der Waals surface area contributed by atoms with Crippen molar-refractivity contribution in [1.29, 1.82) is 0 Å². The van der Waals surface area contributed by atoms with E-state index in [0.717, 1.165) is 11.3 Å². The highest BCUT2D eigenvalue weighted by Gasteiger charge is 2.17. The summed E-state index contributed by atoms with van der Waals surface area (Å²) in [6, 6.07) is 9.12. The van der Waals surface area contributed by atoms with Gasteiger partial charge in [-0.2, -0.15) is 0 Å². The lowest BCUT2D eigenvalue weighted by atomic mass is 10.2. The minimum Gasteiger partial charge on any atom is -0.490 e.